The maximum Gasteiger partial charge on any atom is 0.198 e. The predicted molar refractivity (Wildman–Crippen MR) is 81.9 cm³/mol. The fraction of sp³-hybridized carbons (Fsp3) is 0.533. The molecule has 108 valence electrons. The number of nitrogens with zero attached hydrogens (tertiary/aromatic N) is 1. The van der Waals surface area contributed by atoms with Crippen molar-refractivity contribution in [3.63, 3.8) is 0 Å². The minimum Gasteiger partial charge on any atom is -0.222 e. The fourth-order valence-electron chi connectivity index (χ4n) is 2.59. The Labute approximate surface area is 129 Å². The molecule has 0 aliphatic heterocycles. The highest BCUT2D eigenvalue weighted by Crippen LogP contribution is 2.53. The molecule has 2 rings (SSSR count). The summed E-state index contributed by atoms with van der Waals surface area (Å²) in [6.45, 7) is 6.26. The molecule has 0 aromatic heterocycles. The standard InChI is InChI=1S/C15H18BrNO2S/c1-14(2,3)11-8-15(9-11,10-17)20(18,19)13-7-5-4-6-12(13)16/h4-7,11H,8-9H2,1-3H3. The van der Waals surface area contributed by atoms with Crippen LogP contribution in [0.5, 0.6) is 0 Å². The van der Waals surface area contributed by atoms with Crippen LogP contribution in [0.15, 0.2) is 33.6 Å². The summed E-state index contributed by atoms with van der Waals surface area (Å²) in [5.74, 6) is 0.263. The number of sulfone groups is 1. The van der Waals surface area contributed by atoms with Crippen molar-refractivity contribution in [2.24, 2.45) is 11.3 Å². The third-order valence-corrected chi connectivity index (χ3v) is 7.56. The highest BCUT2D eigenvalue weighted by atomic mass is 79.9. The molecule has 0 spiro atoms. The van der Waals surface area contributed by atoms with Crippen molar-refractivity contribution in [2.75, 3.05) is 0 Å². The topological polar surface area (TPSA) is 57.9 Å². The van der Waals surface area contributed by atoms with Gasteiger partial charge < -0.3 is 0 Å². The van der Waals surface area contributed by atoms with Gasteiger partial charge >= 0.3 is 0 Å². The van der Waals surface area contributed by atoms with E-state index in [0.717, 1.165) is 0 Å². The lowest BCUT2D eigenvalue weighted by Crippen LogP contribution is -2.52. The zero-order chi connectivity index (χ0) is 15.2. The number of hydrogen-bond acceptors (Lipinski definition) is 3. The SMILES string of the molecule is CC(C)(C)C1CC(C#N)(S(=O)(=O)c2ccccc2Br)C1. The van der Waals surface area contributed by atoms with Gasteiger partial charge in [-0.3, -0.25) is 0 Å². The van der Waals surface area contributed by atoms with Gasteiger partial charge in [-0.15, -0.1) is 0 Å². The largest absolute Gasteiger partial charge is 0.222 e. The lowest BCUT2D eigenvalue weighted by atomic mass is 9.63. The van der Waals surface area contributed by atoms with E-state index in [2.05, 4.69) is 42.8 Å². The van der Waals surface area contributed by atoms with Crippen LogP contribution in [0, 0.1) is 22.7 Å². The molecule has 1 saturated carbocycles. The lowest BCUT2D eigenvalue weighted by Gasteiger charge is -2.48. The van der Waals surface area contributed by atoms with Gasteiger partial charge in [-0.05, 0) is 52.2 Å². The molecular formula is C15H18BrNO2S. The van der Waals surface area contributed by atoms with Crippen molar-refractivity contribution >= 4 is 25.8 Å². The summed E-state index contributed by atoms with van der Waals surface area (Å²) < 4.78 is 24.9. The average molecular weight is 356 g/mol. The van der Waals surface area contributed by atoms with E-state index < -0.39 is 14.6 Å². The minimum atomic E-state index is -3.65. The minimum absolute atomic E-state index is 0.0315. The highest BCUT2D eigenvalue weighted by molar-refractivity contribution is 9.10. The summed E-state index contributed by atoms with van der Waals surface area (Å²) in [5.41, 5.74) is 0.0315. The van der Waals surface area contributed by atoms with Crippen molar-refractivity contribution < 1.29 is 8.42 Å². The number of nitriles is 1. The van der Waals surface area contributed by atoms with Crippen molar-refractivity contribution in [1.29, 1.82) is 5.26 Å². The van der Waals surface area contributed by atoms with E-state index in [1.165, 1.54) is 0 Å². The van der Waals surface area contributed by atoms with Crippen LogP contribution in [-0.4, -0.2) is 13.2 Å². The van der Waals surface area contributed by atoms with E-state index in [4.69, 9.17) is 0 Å². The molecule has 0 heterocycles. The van der Waals surface area contributed by atoms with E-state index in [1.807, 2.05) is 0 Å². The average Bonchev–Trinajstić information content (AvgIpc) is 2.26. The molecule has 0 amide bonds. The zero-order valence-electron chi connectivity index (χ0n) is 11.9. The van der Waals surface area contributed by atoms with E-state index in [9.17, 15) is 13.7 Å². The summed E-state index contributed by atoms with van der Waals surface area (Å²) in [6, 6.07) is 8.77. The quantitative estimate of drug-likeness (QED) is 0.806. The second-order valence-corrected chi connectivity index (χ2v) is 9.59. The van der Waals surface area contributed by atoms with Crippen LogP contribution < -0.4 is 0 Å². The third kappa shape index (κ3) is 2.29. The molecule has 0 saturated heterocycles. The fourth-order valence-corrected chi connectivity index (χ4v) is 5.48. The van der Waals surface area contributed by atoms with E-state index in [-0.39, 0.29) is 16.2 Å². The van der Waals surface area contributed by atoms with Crippen molar-refractivity contribution in [3.8, 4) is 6.07 Å². The van der Waals surface area contributed by atoms with Crippen molar-refractivity contribution in [3.05, 3.63) is 28.7 Å². The molecule has 1 aromatic carbocycles. The first-order chi connectivity index (χ1) is 9.14. The van der Waals surface area contributed by atoms with Gasteiger partial charge in [0.05, 0.1) is 11.0 Å². The van der Waals surface area contributed by atoms with Gasteiger partial charge in [0.25, 0.3) is 0 Å². The highest BCUT2D eigenvalue weighted by Gasteiger charge is 2.58. The van der Waals surface area contributed by atoms with Crippen LogP contribution in [0.25, 0.3) is 0 Å². The molecule has 1 aliphatic rings. The normalized spacial score (nSPS) is 26.6. The number of hydrogen-bond donors (Lipinski definition) is 0. The van der Waals surface area contributed by atoms with Gasteiger partial charge in [0.15, 0.2) is 14.6 Å². The molecule has 1 fully saturated rings. The summed E-state index contributed by atoms with van der Waals surface area (Å²) >= 11 is 3.27. The van der Waals surface area contributed by atoms with Gasteiger partial charge in [-0.25, -0.2) is 8.42 Å². The van der Waals surface area contributed by atoms with Crippen LogP contribution in [0.2, 0.25) is 0 Å². The molecular weight excluding hydrogens is 338 g/mol. The molecule has 0 unspecified atom stereocenters. The van der Waals surface area contributed by atoms with Crippen molar-refractivity contribution in [1.82, 2.24) is 0 Å². The van der Waals surface area contributed by atoms with Gasteiger partial charge in [0, 0.05) is 4.47 Å². The molecule has 0 radical (unpaired) electrons. The maximum atomic E-state index is 12.8. The van der Waals surface area contributed by atoms with Crippen LogP contribution >= 0.6 is 15.9 Å². The molecule has 1 aliphatic carbocycles. The monoisotopic (exact) mass is 355 g/mol. The summed E-state index contributed by atoms with van der Waals surface area (Å²) in [5, 5.41) is 9.46. The smallest absolute Gasteiger partial charge is 0.198 e. The second kappa shape index (κ2) is 4.85. The Morgan fingerprint density at radius 3 is 2.30 bits per heavy atom. The Bertz CT molecular complexity index is 662. The van der Waals surface area contributed by atoms with E-state index >= 15 is 0 Å². The molecule has 0 N–H and O–H groups in total. The van der Waals surface area contributed by atoms with Gasteiger partial charge in [0.2, 0.25) is 0 Å². The summed E-state index contributed by atoms with van der Waals surface area (Å²) in [4.78, 5) is 0.217. The Kier molecular flexibility index (Phi) is 3.77. The first kappa shape index (κ1) is 15.5. The zero-order valence-corrected chi connectivity index (χ0v) is 14.3. The first-order valence-corrected chi connectivity index (χ1v) is 8.82. The number of rotatable bonds is 2. The molecule has 1 aromatic rings. The molecule has 20 heavy (non-hydrogen) atoms. The molecule has 0 atom stereocenters. The Hall–Kier alpha value is -0.860. The predicted octanol–water partition coefficient (Wildman–Crippen LogP) is 3.94. The molecule has 5 heteroatoms. The van der Waals surface area contributed by atoms with Crippen LogP contribution in [0.4, 0.5) is 0 Å². The third-order valence-electron chi connectivity index (χ3n) is 4.22. The van der Waals surface area contributed by atoms with Gasteiger partial charge in [-0.2, -0.15) is 5.26 Å². The van der Waals surface area contributed by atoms with E-state index in [1.54, 1.807) is 24.3 Å². The maximum absolute atomic E-state index is 12.8. The van der Waals surface area contributed by atoms with Crippen LogP contribution in [0.3, 0.4) is 0 Å². The first-order valence-electron chi connectivity index (χ1n) is 6.54. The molecule has 0 bridgehead atoms. The van der Waals surface area contributed by atoms with E-state index in [0.29, 0.717) is 17.3 Å². The van der Waals surface area contributed by atoms with Crippen LogP contribution in [0.1, 0.15) is 33.6 Å². The van der Waals surface area contributed by atoms with Crippen molar-refractivity contribution in [2.45, 2.75) is 43.3 Å². The molecule has 3 nitrogen and oxygen atoms in total. The second-order valence-electron chi connectivity index (χ2n) is 6.51. The van der Waals surface area contributed by atoms with Gasteiger partial charge in [-0.1, -0.05) is 32.9 Å². The summed E-state index contributed by atoms with van der Waals surface area (Å²) in [7, 11) is -3.65. The Morgan fingerprint density at radius 2 is 1.85 bits per heavy atom. The lowest BCUT2D eigenvalue weighted by molar-refractivity contribution is 0.117. The van der Waals surface area contributed by atoms with Gasteiger partial charge in [0.1, 0.15) is 0 Å². The Balaban J connectivity index is 2.41. The number of halogens is 1. The van der Waals surface area contributed by atoms with Crippen LogP contribution in [-0.2, 0) is 9.84 Å². The summed E-state index contributed by atoms with van der Waals surface area (Å²) in [6.07, 6.45) is 0.827. The number of benzene rings is 1. The Morgan fingerprint density at radius 1 is 1.30 bits per heavy atom.